The minimum Gasteiger partial charge on any atom is -0.471 e. The van der Waals surface area contributed by atoms with Gasteiger partial charge in [0.15, 0.2) is 12.5 Å². The van der Waals surface area contributed by atoms with Crippen molar-refractivity contribution in [1.29, 1.82) is 0 Å². The number of hydrogen-bond donors (Lipinski definition) is 2. The lowest BCUT2D eigenvalue weighted by Gasteiger charge is -2.23. The zero-order valence-electron chi connectivity index (χ0n) is 16.0. The summed E-state index contributed by atoms with van der Waals surface area (Å²) in [6, 6.07) is 26.0. The van der Waals surface area contributed by atoms with Gasteiger partial charge in [0.25, 0.3) is 0 Å². The zero-order valence-corrected chi connectivity index (χ0v) is 16.0. The van der Waals surface area contributed by atoms with Crippen LogP contribution in [0.4, 0.5) is 0 Å². The highest BCUT2D eigenvalue weighted by Gasteiger charge is 2.17. The molecule has 0 aliphatic heterocycles. The van der Waals surface area contributed by atoms with Gasteiger partial charge >= 0.3 is 0 Å². The Labute approximate surface area is 161 Å². The highest BCUT2D eigenvalue weighted by atomic mass is 16.5. The van der Waals surface area contributed by atoms with Gasteiger partial charge in [-0.25, -0.2) is 0 Å². The molecule has 0 aromatic heterocycles. The van der Waals surface area contributed by atoms with E-state index in [4.69, 9.17) is 9.47 Å². The molecule has 0 spiro atoms. The Kier molecular flexibility index (Phi) is 6.47. The Morgan fingerprint density at radius 1 is 0.630 bits per heavy atom. The van der Waals surface area contributed by atoms with Gasteiger partial charge in [-0.15, -0.1) is 0 Å². The molecular weight excluding hydrogens is 336 g/mol. The molecule has 0 saturated carbocycles. The maximum atomic E-state index is 6.12. The van der Waals surface area contributed by atoms with E-state index < -0.39 is 0 Å². The molecule has 0 radical (unpaired) electrons. The lowest BCUT2D eigenvalue weighted by atomic mass is 10.0. The molecule has 3 rings (SSSR count). The molecule has 27 heavy (non-hydrogen) atoms. The molecule has 0 saturated heterocycles. The van der Waals surface area contributed by atoms with Crippen LogP contribution in [0, 0.1) is 6.92 Å². The minimum absolute atomic E-state index is 0.250. The third kappa shape index (κ3) is 5.09. The zero-order chi connectivity index (χ0) is 19.1. The van der Waals surface area contributed by atoms with E-state index in [0.717, 1.165) is 28.2 Å². The Hall–Kier alpha value is -2.82. The molecule has 140 valence electrons. The second kappa shape index (κ2) is 9.21. The first-order valence-corrected chi connectivity index (χ1v) is 9.09. The second-order valence-electron chi connectivity index (χ2n) is 6.38. The van der Waals surface area contributed by atoms with E-state index in [1.165, 1.54) is 0 Å². The minimum atomic E-state index is -0.250. The lowest BCUT2D eigenvalue weighted by molar-refractivity contribution is 0.170. The van der Waals surface area contributed by atoms with Crippen molar-refractivity contribution in [2.24, 2.45) is 0 Å². The molecule has 0 aliphatic rings. The van der Waals surface area contributed by atoms with Crippen molar-refractivity contribution < 1.29 is 9.47 Å². The normalized spacial score (nSPS) is 13.0. The summed E-state index contributed by atoms with van der Waals surface area (Å²) in [5.41, 5.74) is 3.25. The third-order valence-electron chi connectivity index (χ3n) is 4.25. The molecule has 2 atom stereocenters. The van der Waals surface area contributed by atoms with Gasteiger partial charge in [-0.2, -0.15) is 0 Å². The van der Waals surface area contributed by atoms with Crippen LogP contribution in [-0.4, -0.2) is 14.1 Å². The van der Waals surface area contributed by atoms with Crippen LogP contribution in [0.15, 0.2) is 78.9 Å². The smallest absolute Gasteiger partial charge is 0.176 e. The van der Waals surface area contributed by atoms with E-state index in [2.05, 4.69) is 35.8 Å². The number of ether oxygens (including phenoxy) is 2. The van der Waals surface area contributed by atoms with E-state index in [0.29, 0.717) is 0 Å². The predicted molar refractivity (Wildman–Crippen MR) is 109 cm³/mol. The van der Waals surface area contributed by atoms with Gasteiger partial charge in [-0.1, -0.05) is 54.1 Å². The fourth-order valence-corrected chi connectivity index (χ4v) is 3.00. The van der Waals surface area contributed by atoms with Gasteiger partial charge in [0, 0.05) is 11.1 Å². The van der Waals surface area contributed by atoms with Crippen LogP contribution in [0.1, 0.15) is 29.1 Å². The highest BCUT2D eigenvalue weighted by Crippen LogP contribution is 2.26. The van der Waals surface area contributed by atoms with E-state index >= 15 is 0 Å². The number of aryl methyl sites for hydroxylation is 1. The molecule has 0 fully saturated rings. The largest absolute Gasteiger partial charge is 0.471 e. The Bertz CT molecular complexity index is 770. The first-order chi connectivity index (χ1) is 13.2. The molecule has 0 amide bonds. The highest BCUT2D eigenvalue weighted by molar-refractivity contribution is 5.34. The van der Waals surface area contributed by atoms with Crippen LogP contribution >= 0.6 is 0 Å². The molecule has 3 aromatic rings. The van der Waals surface area contributed by atoms with Crippen LogP contribution in [-0.2, 0) is 0 Å². The van der Waals surface area contributed by atoms with E-state index in [9.17, 15) is 0 Å². The van der Waals surface area contributed by atoms with Crippen molar-refractivity contribution in [3.8, 4) is 11.5 Å². The van der Waals surface area contributed by atoms with Crippen LogP contribution in [0.5, 0.6) is 11.5 Å². The fourth-order valence-electron chi connectivity index (χ4n) is 3.00. The van der Waals surface area contributed by atoms with Gasteiger partial charge in [-0.05, 0) is 51.4 Å². The van der Waals surface area contributed by atoms with Gasteiger partial charge < -0.3 is 9.47 Å². The Balaban J connectivity index is 1.85. The van der Waals surface area contributed by atoms with Crippen LogP contribution in [0.25, 0.3) is 0 Å². The van der Waals surface area contributed by atoms with Crippen molar-refractivity contribution in [2.45, 2.75) is 19.4 Å². The molecule has 4 nitrogen and oxygen atoms in total. The molecule has 0 aliphatic carbocycles. The van der Waals surface area contributed by atoms with Crippen molar-refractivity contribution in [3.05, 3.63) is 95.6 Å². The van der Waals surface area contributed by atoms with Gasteiger partial charge in [0.1, 0.15) is 11.5 Å². The summed E-state index contributed by atoms with van der Waals surface area (Å²) >= 11 is 0. The third-order valence-corrected chi connectivity index (χ3v) is 4.25. The number of rotatable bonds is 8. The number of para-hydroxylation sites is 2. The van der Waals surface area contributed by atoms with Gasteiger partial charge in [0.2, 0.25) is 0 Å². The maximum Gasteiger partial charge on any atom is 0.176 e. The van der Waals surface area contributed by atoms with E-state index in [1.807, 2.05) is 74.8 Å². The number of nitrogens with one attached hydrogen (secondary N) is 2. The molecule has 0 bridgehead atoms. The van der Waals surface area contributed by atoms with E-state index in [-0.39, 0.29) is 12.5 Å². The van der Waals surface area contributed by atoms with Crippen molar-refractivity contribution in [3.63, 3.8) is 0 Å². The van der Waals surface area contributed by atoms with Crippen molar-refractivity contribution >= 4 is 0 Å². The second-order valence-corrected chi connectivity index (χ2v) is 6.38. The summed E-state index contributed by atoms with van der Waals surface area (Å²) in [4.78, 5) is 0. The summed E-state index contributed by atoms with van der Waals surface area (Å²) in [6.07, 6.45) is -0.499. The number of benzene rings is 3. The quantitative estimate of drug-likeness (QED) is 0.575. The summed E-state index contributed by atoms with van der Waals surface area (Å²) in [6.45, 7) is 2.08. The molecule has 4 heteroatoms. The molecule has 2 unspecified atom stereocenters. The summed E-state index contributed by atoms with van der Waals surface area (Å²) in [7, 11) is 3.79. The van der Waals surface area contributed by atoms with Crippen molar-refractivity contribution in [1.82, 2.24) is 10.6 Å². The molecule has 0 heterocycles. The van der Waals surface area contributed by atoms with Crippen LogP contribution in [0.2, 0.25) is 0 Å². The average Bonchev–Trinajstić information content (AvgIpc) is 2.71. The van der Waals surface area contributed by atoms with Crippen molar-refractivity contribution in [2.75, 3.05) is 14.1 Å². The topological polar surface area (TPSA) is 42.5 Å². The average molecular weight is 362 g/mol. The first-order valence-electron chi connectivity index (χ1n) is 9.09. The van der Waals surface area contributed by atoms with Crippen LogP contribution in [0.3, 0.4) is 0 Å². The number of hydrogen-bond acceptors (Lipinski definition) is 4. The molecule has 2 N–H and O–H groups in total. The van der Waals surface area contributed by atoms with Gasteiger partial charge in [-0.3, -0.25) is 10.6 Å². The maximum absolute atomic E-state index is 6.12. The summed E-state index contributed by atoms with van der Waals surface area (Å²) < 4.78 is 12.2. The summed E-state index contributed by atoms with van der Waals surface area (Å²) in [5.74, 6) is 1.65. The predicted octanol–water partition coefficient (Wildman–Crippen LogP) is 4.59. The molecular formula is C23H26N2O2. The Morgan fingerprint density at radius 3 is 1.41 bits per heavy atom. The Morgan fingerprint density at radius 2 is 1.04 bits per heavy atom. The SMILES string of the molecule is CNC(Oc1ccccc1)c1cc(C)cc(C(NC)Oc2ccccc2)c1. The lowest BCUT2D eigenvalue weighted by Crippen LogP contribution is -2.25. The monoisotopic (exact) mass is 362 g/mol. The first kappa shape index (κ1) is 19.0. The van der Waals surface area contributed by atoms with Crippen LogP contribution < -0.4 is 20.1 Å². The fraction of sp³-hybridized carbons (Fsp3) is 0.217. The van der Waals surface area contributed by atoms with E-state index in [1.54, 1.807) is 0 Å². The standard InChI is InChI=1S/C23H26N2O2/c1-17-14-18(22(24-2)26-20-10-6-4-7-11-20)16-19(15-17)23(25-3)27-21-12-8-5-9-13-21/h4-16,22-25H,1-3H3. The summed E-state index contributed by atoms with van der Waals surface area (Å²) in [5, 5.41) is 6.49. The van der Waals surface area contributed by atoms with Gasteiger partial charge in [0.05, 0.1) is 0 Å². The molecule has 3 aromatic carbocycles.